The average Bonchev–Trinajstić information content (AvgIpc) is 2.45. The van der Waals surface area contributed by atoms with Gasteiger partial charge in [0.2, 0.25) is 5.91 Å². The van der Waals surface area contributed by atoms with E-state index >= 15 is 0 Å². The molecule has 1 aromatic rings. The molecule has 0 aromatic heterocycles. The van der Waals surface area contributed by atoms with Gasteiger partial charge in [0.05, 0.1) is 0 Å². The van der Waals surface area contributed by atoms with E-state index in [9.17, 15) is 9.59 Å². The van der Waals surface area contributed by atoms with Crippen LogP contribution in [0.4, 0.5) is 0 Å². The third-order valence-electron chi connectivity index (χ3n) is 3.04. The van der Waals surface area contributed by atoms with Gasteiger partial charge in [0.25, 0.3) is 5.91 Å². The first kappa shape index (κ1) is 17.0. The molecule has 0 fully saturated rings. The van der Waals surface area contributed by atoms with Crippen LogP contribution in [-0.2, 0) is 9.59 Å². The van der Waals surface area contributed by atoms with Crippen molar-refractivity contribution in [2.45, 2.75) is 39.7 Å². The minimum absolute atomic E-state index is 0.106. The standard InChI is InChI=1S/C16H24N2O3/c1-5-17-16(20)12(4)18-15(19)10-21-14-8-6-13(7-9-14)11(2)3/h6-9,11-12H,5,10H2,1-4H3,(H,17,20)(H,18,19)/t12-/m1/s1. The van der Waals surface area contributed by atoms with Gasteiger partial charge >= 0.3 is 0 Å². The first-order chi connectivity index (χ1) is 9.93. The second-order valence-electron chi connectivity index (χ2n) is 5.20. The van der Waals surface area contributed by atoms with E-state index in [4.69, 9.17) is 4.74 Å². The summed E-state index contributed by atoms with van der Waals surface area (Å²) in [6.45, 7) is 8.14. The molecule has 0 heterocycles. The summed E-state index contributed by atoms with van der Waals surface area (Å²) in [6.07, 6.45) is 0. The van der Waals surface area contributed by atoms with E-state index in [1.807, 2.05) is 31.2 Å². The van der Waals surface area contributed by atoms with E-state index in [0.29, 0.717) is 18.2 Å². The number of rotatable bonds is 7. The topological polar surface area (TPSA) is 67.4 Å². The van der Waals surface area contributed by atoms with E-state index in [0.717, 1.165) is 0 Å². The van der Waals surface area contributed by atoms with Crippen LogP contribution >= 0.6 is 0 Å². The molecule has 2 N–H and O–H groups in total. The molecule has 0 aliphatic carbocycles. The molecule has 5 nitrogen and oxygen atoms in total. The Labute approximate surface area is 126 Å². The van der Waals surface area contributed by atoms with Crippen LogP contribution in [0.25, 0.3) is 0 Å². The fraction of sp³-hybridized carbons (Fsp3) is 0.500. The van der Waals surface area contributed by atoms with Crippen molar-refractivity contribution in [3.05, 3.63) is 29.8 Å². The number of amides is 2. The number of carbonyl (C=O) groups excluding carboxylic acids is 2. The van der Waals surface area contributed by atoms with E-state index < -0.39 is 6.04 Å². The van der Waals surface area contributed by atoms with E-state index in [1.54, 1.807) is 6.92 Å². The van der Waals surface area contributed by atoms with Gasteiger partial charge in [-0.05, 0) is 37.5 Å². The van der Waals surface area contributed by atoms with E-state index in [-0.39, 0.29) is 18.4 Å². The van der Waals surface area contributed by atoms with Crippen LogP contribution in [0.1, 0.15) is 39.2 Å². The Balaban J connectivity index is 2.40. The number of ether oxygens (including phenoxy) is 1. The molecule has 0 spiro atoms. The molecular weight excluding hydrogens is 268 g/mol. The summed E-state index contributed by atoms with van der Waals surface area (Å²) in [6, 6.07) is 7.08. The molecule has 0 bridgehead atoms. The third kappa shape index (κ3) is 5.85. The van der Waals surface area contributed by atoms with Crippen molar-refractivity contribution in [2.24, 2.45) is 0 Å². The third-order valence-corrected chi connectivity index (χ3v) is 3.04. The molecule has 0 aliphatic rings. The molecule has 1 aromatic carbocycles. The number of likely N-dealkylation sites (N-methyl/N-ethyl adjacent to an activating group) is 1. The summed E-state index contributed by atoms with van der Waals surface area (Å²) in [5.41, 5.74) is 1.22. The summed E-state index contributed by atoms with van der Waals surface area (Å²) >= 11 is 0. The molecule has 1 atom stereocenters. The Morgan fingerprint density at radius 2 is 1.76 bits per heavy atom. The Hall–Kier alpha value is -2.04. The second-order valence-corrected chi connectivity index (χ2v) is 5.20. The van der Waals surface area contributed by atoms with Crippen molar-refractivity contribution < 1.29 is 14.3 Å². The van der Waals surface area contributed by atoms with Gasteiger partial charge in [-0.25, -0.2) is 0 Å². The van der Waals surface area contributed by atoms with Gasteiger partial charge in [0.1, 0.15) is 11.8 Å². The highest BCUT2D eigenvalue weighted by Crippen LogP contribution is 2.18. The zero-order valence-corrected chi connectivity index (χ0v) is 13.1. The fourth-order valence-corrected chi connectivity index (χ4v) is 1.77. The van der Waals surface area contributed by atoms with E-state index in [2.05, 4.69) is 24.5 Å². The number of hydrogen-bond donors (Lipinski definition) is 2. The van der Waals surface area contributed by atoms with Crippen LogP contribution < -0.4 is 15.4 Å². The van der Waals surface area contributed by atoms with Gasteiger partial charge < -0.3 is 15.4 Å². The lowest BCUT2D eigenvalue weighted by Crippen LogP contribution is -2.46. The Bertz CT molecular complexity index is 469. The minimum Gasteiger partial charge on any atom is -0.484 e. The molecule has 0 unspecified atom stereocenters. The molecule has 1 rings (SSSR count). The van der Waals surface area contributed by atoms with Crippen molar-refractivity contribution in [3.63, 3.8) is 0 Å². The van der Waals surface area contributed by atoms with Gasteiger partial charge in [-0.1, -0.05) is 26.0 Å². The summed E-state index contributed by atoms with van der Waals surface area (Å²) < 4.78 is 5.40. The lowest BCUT2D eigenvalue weighted by molar-refractivity contribution is -0.129. The summed E-state index contributed by atoms with van der Waals surface area (Å²) in [7, 11) is 0. The van der Waals surface area contributed by atoms with Crippen molar-refractivity contribution in [1.82, 2.24) is 10.6 Å². The lowest BCUT2D eigenvalue weighted by atomic mass is 10.0. The molecule has 21 heavy (non-hydrogen) atoms. The number of nitrogens with one attached hydrogen (secondary N) is 2. The van der Waals surface area contributed by atoms with Gasteiger partial charge in [-0.3, -0.25) is 9.59 Å². The maximum Gasteiger partial charge on any atom is 0.258 e. The van der Waals surface area contributed by atoms with Gasteiger partial charge in [0.15, 0.2) is 6.61 Å². The number of hydrogen-bond acceptors (Lipinski definition) is 3. The van der Waals surface area contributed by atoms with Crippen molar-refractivity contribution in [3.8, 4) is 5.75 Å². The van der Waals surface area contributed by atoms with Crippen LogP contribution in [0.5, 0.6) is 5.75 Å². The Morgan fingerprint density at radius 1 is 1.14 bits per heavy atom. The zero-order valence-electron chi connectivity index (χ0n) is 13.1. The van der Waals surface area contributed by atoms with Crippen LogP contribution in [0.15, 0.2) is 24.3 Å². The highest BCUT2D eigenvalue weighted by Gasteiger charge is 2.14. The SMILES string of the molecule is CCNC(=O)[C@@H](C)NC(=O)COc1ccc(C(C)C)cc1. The van der Waals surface area contributed by atoms with Crippen molar-refractivity contribution in [1.29, 1.82) is 0 Å². The maximum atomic E-state index is 11.7. The first-order valence-corrected chi connectivity index (χ1v) is 7.23. The summed E-state index contributed by atoms with van der Waals surface area (Å²) in [5, 5.41) is 5.24. The molecular formula is C16H24N2O3. The largest absolute Gasteiger partial charge is 0.484 e. The molecule has 0 aliphatic heterocycles. The molecule has 0 saturated heterocycles. The van der Waals surface area contributed by atoms with Crippen LogP contribution in [0.3, 0.4) is 0 Å². The van der Waals surface area contributed by atoms with Gasteiger partial charge in [0, 0.05) is 6.54 Å². The normalized spacial score (nSPS) is 11.9. The minimum atomic E-state index is -0.565. The van der Waals surface area contributed by atoms with Gasteiger partial charge in [-0.15, -0.1) is 0 Å². The monoisotopic (exact) mass is 292 g/mol. The summed E-state index contributed by atoms with van der Waals surface area (Å²) in [4.78, 5) is 23.2. The Kier molecular flexibility index (Phi) is 6.72. The highest BCUT2D eigenvalue weighted by molar-refractivity contribution is 5.87. The lowest BCUT2D eigenvalue weighted by Gasteiger charge is -2.14. The predicted molar refractivity (Wildman–Crippen MR) is 82.3 cm³/mol. The summed E-state index contributed by atoms with van der Waals surface area (Å²) in [5.74, 6) is 0.578. The molecule has 0 radical (unpaired) electrons. The smallest absolute Gasteiger partial charge is 0.258 e. The number of carbonyl (C=O) groups is 2. The van der Waals surface area contributed by atoms with Crippen LogP contribution in [-0.4, -0.2) is 31.0 Å². The van der Waals surface area contributed by atoms with E-state index in [1.165, 1.54) is 5.56 Å². The molecule has 2 amide bonds. The quantitative estimate of drug-likeness (QED) is 0.805. The second kappa shape index (κ2) is 8.29. The first-order valence-electron chi connectivity index (χ1n) is 7.23. The fourth-order valence-electron chi connectivity index (χ4n) is 1.77. The molecule has 0 saturated carbocycles. The average molecular weight is 292 g/mol. The zero-order chi connectivity index (χ0) is 15.8. The van der Waals surface area contributed by atoms with Crippen LogP contribution in [0, 0.1) is 0 Å². The predicted octanol–water partition coefficient (Wildman–Crippen LogP) is 1.83. The Morgan fingerprint density at radius 3 is 2.29 bits per heavy atom. The maximum absolute atomic E-state index is 11.7. The van der Waals surface area contributed by atoms with Crippen molar-refractivity contribution >= 4 is 11.8 Å². The van der Waals surface area contributed by atoms with Gasteiger partial charge in [-0.2, -0.15) is 0 Å². The van der Waals surface area contributed by atoms with Crippen LogP contribution in [0.2, 0.25) is 0 Å². The number of benzene rings is 1. The highest BCUT2D eigenvalue weighted by atomic mass is 16.5. The van der Waals surface area contributed by atoms with Crippen molar-refractivity contribution in [2.75, 3.05) is 13.2 Å². The molecule has 116 valence electrons. The molecule has 5 heteroatoms.